The molecule has 2 aromatic carbocycles. The van der Waals surface area contributed by atoms with E-state index in [-0.39, 0.29) is 11.2 Å². The Balaban J connectivity index is 1.77. The molecular weight excluding hydrogens is 394 g/mol. The van der Waals surface area contributed by atoms with E-state index in [4.69, 9.17) is 21.3 Å². The Morgan fingerprint density at radius 3 is 2.79 bits per heavy atom. The molecule has 1 heterocycles. The molecule has 7 heteroatoms. The Hall–Kier alpha value is -2.02. The van der Waals surface area contributed by atoms with Crippen molar-refractivity contribution in [2.24, 2.45) is 0 Å². The first kappa shape index (κ1) is 20.7. The first-order valence-corrected chi connectivity index (χ1v) is 10.5. The van der Waals surface area contributed by atoms with Crippen LogP contribution in [0.1, 0.15) is 18.9 Å². The van der Waals surface area contributed by atoms with E-state index < -0.39 is 0 Å². The van der Waals surface area contributed by atoms with Gasteiger partial charge in [0.1, 0.15) is 0 Å². The summed E-state index contributed by atoms with van der Waals surface area (Å²) in [5, 5.41) is 4.26. The van der Waals surface area contributed by atoms with Gasteiger partial charge in [0, 0.05) is 25.2 Å². The van der Waals surface area contributed by atoms with Crippen LogP contribution in [0.3, 0.4) is 0 Å². The number of benzene rings is 2. The predicted octanol–water partition coefficient (Wildman–Crippen LogP) is 4.52. The summed E-state index contributed by atoms with van der Waals surface area (Å²) in [6, 6.07) is 15.6. The number of imidazole rings is 1. The molecule has 1 unspecified atom stereocenters. The Bertz CT molecular complexity index is 930. The fourth-order valence-corrected chi connectivity index (χ4v) is 4.16. The maximum absolute atomic E-state index is 12.7. The number of halogens is 1. The molecule has 3 aromatic rings. The van der Waals surface area contributed by atoms with E-state index in [1.54, 1.807) is 7.11 Å². The third-order valence-electron chi connectivity index (χ3n) is 4.41. The largest absolute Gasteiger partial charge is 0.383 e. The molecule has 3 rings (SSSR count). The molecule has 0 saturated carbocycles. The van der Waals surface area contributed by atoms with Gasteiger partial charge >= 0.3 is 0 Å². The van der Waals surface area contributed by atoms with E-state index in [1.807, 2.05) is 55.5 Å². The van der Waals surface area contributed by atoms with Crippen molar-refractivity contribution in [1.82, 2.24) is 14.9 Å². The Morgan fingerprint density at radius 1 is 1.29 bits per heavy atom. The minimum absolute atomic E-state index is 0.0136. The van der Waals surface area contributed by atoms with E-state index in [1.165, 1.54) is 11.8 Å². The van der Waals surface area contributed by atoms with Crippen LogP contribution in [-0.4, -0.2) is 34.4 Å². The Morgan fingerprint density at radius 2 is 2.07 bits per heavy atom. The number of carbonyl (C=O) groups is 1. The number of rotatable bonds is 9. The molecule has 0 spiro atoms. The van der Waals surface area contributed by atoms with Gasteiger partial charge in [-0.15, -0.1) is 0 Å². The van der Waals surface area contributed by atoms with E-state index >= 15 is 0 Å². The lowest BCUT2D eigenvalue weighted by Crippen LogP contribution is -2.32. The summed E-state index contributed by atoms with van der Waals surface area (Å²) >= 11 is 7.60. The standard InChI is InChI=1S/C21H24ClN3O2S/c1-3-19(20(26)23-14-15-7-5-4-6-8-15)28-21-24-17-13-16(22)9-10-18(17)25(21)11-12-27-2/h4-10,13,19H,3,11-12,14H2,1-2H3,(H,23,26). The Labute approximate surface area is 174 Å². The summed E-state index contributed by atoms with van der Waals surface area (Å²) in [6.45, 7) is 3.77. The van der Waals surface area contributed by atoms with E-state index in [0.29, 0.717) is 31.1 Å². The summed E-state index contributed by atoms with van der Waals surface area (Å²) in [5.41, 5.74) is 2.90. The van der Waals surface area contributed by atoms with Crippen LogP contribution in [0, 0.1) is 0 Å². The summed E-state index contributed by atoms with van der Waals surface area (Å²) in [7, 11) is 1.68. The van der Waals surface area contributed by atoms with Gasteiger partial charge in [-0.2, -0.15) is 0 Å². The minimum Gasteiger partial charge on any atom is -0.383 e. The first-order chi connectivity index (χ1) is 13.6. The van der Waals surface area contributed by atoms with Crippen molar-refractivity contribution in [1.29, 1.82) is 0 Å². The van der Waals surface area contributed by atoms with Crippen molar-refractivity contribution in [2.75, 3.05) is 13.7 Å². The first-order valence-electron chi connectivity index (χ1n) is 9.25. The number of nitrogens with zero attached hydrogens (tertiary/aromatic N) is 2. The number of carbonyl (C=O) groups excluding carboxylic acids is 1. The second-order valence-electron chi connectivity index (χ2n) is 6.39. The number of ether oxygens (including phenoxy) is 1. The number of methoxy groups -OCH3 is 1. The lowest BCUT2D eigenvalue weighted by atomic mass is 10.2. The van der Waals surface area contributed by atoms with Gasteiger partial charge in [-0.1, -0.05) is 60.6 Å². The SMILES string of the molecule is CCC(Sc1nc2cc(Cl)ccc2n1CCOC)C(=O)NCc1ccccc1. The van der Waals surface area contributed by atoms with Crippen LogP contribution in [0.4, 0.5) is 0 Å². The molecule has 0 radical (unpaired) electrons. The molecule has 1 N–H and O–H groups in total. The van der Waals surface area contributed by atoms with Crippen LogP contribution in [-0.2, 0) is 22.6 Å². The fourth-order valence-electron chi connectivity index (χ4n) is 2.92. The van der Waals surface area contributed by atoms with Crippen LogP contribution >= 0.6 is 23.4 Å². The predicted molar refractivity (Wildman–Crippen MR) is 115 cm³/mol. The molecule has 0 aliphatic carbocycles. The maximum atomic E-state index is 12.7. The van der Waals surface area contributed by atoms with Crippen LogP contribution in [0.2, 0.25) is 5.02 Å². The number of amides is 1. The number of aromatic nitrogens is 2. The monoisotopic (exact) mass is 417 g/mol. The second-order valence-corrected chi connectivity index (χ2v) is 8.00. The number of hydrogen-bond donors (Lipinski definition) is 1. The molecule has 1 atom stereocenters. The van der Waals surface area contributed by atoms with Crippen LogP contribution in [0.5, 0.6) is 0 Å². The molecule has 0 aliphatic rings. The molecule has 28 heavy (non-hydrogen) atoms. The molecule has 0 bridgehead atoms. The number of thioether (sulfide) groups is 1. The molecule has 1 aromatic heterocycles. The van der Waals surface area contributed by atoms with Crippen molar-refractivity contribution in [3.8, 4) is 0 Å². The van der Waals surface area contributed by atoms with Crippen molar-refractivity contribution in [3.63, 3.8) is 0 Å². The number of fused-ring (bicyclic) bond motifs is 1. The second kappa shape index (κ2) is 9.96. The minimum atomic E-state index is -0.225. The Kier molecular flexibility index (Phi) is 7.36. The van der Waals surface area contributed by atoms with Crippen molar-refractivity contribution >= 4 is 40.3 Å². The zero-order valence-corrected chi connectivity index (χ0v) is 17.6. The molecule has 1 amide bonds. The van der Waals surface area contributed by atoms with E-state index in [0.717, 1.165) is 21.8 Å². The topological polar surface area (TPSA) is 56.2 Å². The van der Waals surface area contributed by atoms with Gasteiger partial charge in [-0.3, -0.25) is 4.79 Å². The molecule has 0 saturated heterocycles. The lowest BCUT2D eigenvalue weighted by Gasteiger charge is -2.15. The van der Waals surface area contributed by atoms with Crippen LogP contribution < -0.4 is 5.32 Å². The van der Waals surface area contributed by atoms with Crippen LogP contribution in [0.15, 0.2) is 53.7 Å². The number of hydrogen-bond acceptors (Lipinski definition) is 4. The van der Waals surface area contributed by atoms with Gasteiger partial charge < -0.3 is 14.6 Å². The molecule has 148 valence electrons. The van der Waals surface area contributed by atoms with E-state index in [2.05, 4.69) is 9.88 Å². The average molecular weight is 418 g/mol. The normalized spacial score (nSPS) is 12.2. The molecular formula is C21H24ClN3O2S. The van der Waals surface area contributed by atoms with Crippen molar-refractivity contribution in [3.05, 3.63) is 59.1 Å². The highest BCUT2D eigenvalue weighted by Crippen LogP contribution is 2.30. The lowest BCUT2D eigenvalue weighted by molar-refractivity contribution is -0.120. The van der Waals surface area contributed by atoms with Gasteiger partial charge in [0.05, 0.1) is 22.9 Å². The summed E-state index contributed by atoms with van der Waals surface area (Å²) in [5.74, 6) is 0.0136. The van der Waals surface area contributed by atoms with Gasteiger partial charge in [0.2, 0.25) is 5.91 Å². The maximum Gasteiger partial charge on any atom is 0.233 e. The zero-order valence-electron chi connectivity index (χ0n) is 16.0. The highest BCUT2D eigenvalue weighted by molar-refractivity contribution is 8.00. The number of nitrogens with one attached hydrogen (secondary N) is 1. The third-order valence-corrected chi connectivity index (χ3v) is 6.00. The van der Waals surface area contributed by atoms with E-state index in [9.17, 15) is 4.79 Å². The van der Waals surface area contributed by atoms with Gasteiger partial charge in [-0.05, 0) is 30.2 Å². The average Bonchev–Trinajstić information content (AvgIpc) is 3.05. The smallest absolute Gasteiger partial charge is 0.233 e. The van der Waals surface area contributed by atoms with Crippen LogP contribution in [0.25, 0.3) is 11.0 Å². The van der Waals surface area contributed by atoms with Gasteiger partial charge in [-0.25, -0.2) is 4.98 Å². The fraction of sp³-hybridized carbons (Fsp3) is 0.333. The van der Waals surface area contributed by atoms with Crippen molar-refractivity contribution < 1.29 is 9.53 Å². The third kappa shape index (κ3) is 5.07. The highest BCUT2D eigenvalue weighted by Gasteiger charge is 2.22. The summed E-state index contributed by atoms with van der Waals surface area (Å²) in [6.07, 6.45) is 0.708. The molecule has 0 aliphatic heterocycles. The molecule has 0 fully saturated rings. The summed E-state index contributed by atoms with van der Waals surface area (Å²) in [4.78, 5) is 17.5. The highest BCUT2D eigenvalue weighted by atomic mass is 35.5. The van der Waals surface area contributed by atoms with Gasteiger partial charge in [0.15, 0.2) is 5.16 Å². The van der Waals surface area contributed by atoms with Crippen molar-refractivity contribution in [2.45, 2.75) is 36.8 Å². The summed E-state index contributed by atoms with van der Waals surface area (Å²) < 4.78 is 7.34. The quantitative estimate of drug-likeness (QED) is 0.520. The zero-order chi connectivity index (χ0) is 19.9. The molecule has 5 nitrogen and oxygen atoms in total. The van der Waals surface area contributed by atoms with Gasteiger partial charge in [0.25, 0.3) is 0 Å².